The van der Waals surface area contributed by atoms with Gasteiger partial charge in [0.15, 0.2) is 0 Å². The number of nitrogens with zero attached hydrogens (tertiary/aromatic N) is 1. The van der Waals surface area contributed by atoms with E-state index in [9.17, 15) is 14.0 Å². The van der Waals surface area contributed by atoms with Crippen molar-refractivity contribution >= 4 is 22.5 Å². The van der Waals surface area contributed by atoms with E-state index in [0.29, 0.717) is 10.7 Å². The number of hydrogen-bond donors (Lipinski definition) is 1. The number of halogens is 2. The Bertz CT molecular complexity index is 913. The molecule has 0 aliphatic rings. The van der Waals surface area contributed by atoms with Crippen LogP contribution in [0, 0.1) is 5.82 Å². The topological polar surface area (TPSA) is 54.9 Å². The number of fused-ring (bicyclic) bond motifs is 1. The highest BCUT2D eigenvalue weighted by Crippen LogP contribution is 2.12. The van der Waals surface area contributed by atoms with Crippen molar-refractivity contribution in [2.45, 2.75) is 0 Å². The number of aromatic nitrogens is 2. The Labute approximate surface area is 117 Å². The Morgan fingerprint density at radius 3 is 2.45 bits per heavy atom. The largest absolute Gasteiger partial charge is 0.333 e. The van der Waals surface area contributed by atoms with E-state index >= 15 is 0 Å². The highest BCUT2D eigenvalue weighted by Gasteiger charge is 2.09. The molecule has 0 fully saturated rings. The molecular weight excluding hydrogens is 283 g/mol. The summed E-state index contributed by atoms with van der Waals surface area (Å²) in [6, 6.07) is 9.92. The molecule has 0 aliphatic carbocycles. The van der Waals surface area contributed by atoms with Gasteiger partial charge in [0.25, 0.3) is 5.56 Å². The fraction of sp³-hybridized carbons (Fsp3) is 0. The molecule has 0 radical (unpaired) electrons. The van der Waals surface area contributed by atoms with Gasteiger partial charge < -0.3 is 4.98 Å². The summed E-state index contributed by atoms with van der Waals surface area (Å²) in [5, 5.41) is 0.738. The molecule has 0 unspecified atom stereocenters. The van der Waals surface area contributed by atoms with Gasteiger partial charge in [0, 0.05) is 5.02 Å². The average Bonchev–Trinajstić information content (AvgIpc) is 2.40. The Morgan fingerprint density at radius 2 is 1.75 bits per heavy atom. The standard InChI is InChI=1S/C14H8ClFN2O2/c15-8-1-4-10(5-2-8)18-13(19)11-6-3-9(16)7-12(11)17-14(18)20/h1-7H,(H,17,20). The highest BCUT2D eigenvalue weighted by atomic mass is 35.5. The van der Waals surface area contributed by atoms with Gasteiger partial charge >= 0.3 is 5.69 Å². The minimum absolute atomic E-state index is 0.171. The second-order valence-electron chi connectivity index (χ2n) is 4.24. The summed E-state index contributed by atoms with van der Waals surface area (Å²) in [4.78, 5) is 26.8. The first kappa shape index (κ1) is 12.6. The van der Waals surface area contributed by atoms with Crippen LogP contribution in [0.25, 0.3) is 16.6 Å². The molecule has 100 valence electrons. The van der Waals surface area contributed by atoms with Gasteiger partial charge in [-0.1, -0.05) is 11.6 Å². The molecule has 0 bridgehead atoms. The van der Waals surface area contributed by atoms with Gasteiger partial charge in [0.1, 0.15) is 5.82 Å². The molecule has 4 nitrogen and oxygen atoms in total. The van der Waals surface area contributed by atoms with Crippen LogP contribution in [0.1, 0.15) is 0 Å². The van der Waals surface area contributed by atoms with E-state index in [-0.39, 0.29) is 10.9 Å². The predicted molar refractivity (Wildman–Crippen MR) is 75.1 cm³/mol. The number of rotatable bonds is 1. The van der Waals surface area contributed by atoms with E-state index in [1.54, 1.807) is 24.3 Å². The molecule has 1 aromatic heterocycles. The lowest BCUT2D eigenvalue weighted by Crippen LogP contribution is -2.33. The molecule has 0 aliphatic heterocycles. The minimum atomic E-state index is -0.629. The third kappa shape index (κ3) is 2.02. The molecule has 2 aromatic carbocycles. The summed E-state index contributed by atoms with van der Waals surface area (Å²) >= 11 is 5.78. The van der Waals surface area contributed by atoms with Crippen LogP contribution in [0.3, 0.4) is 0 Å². The van der Waals surface area contributed by atoms with Crippen molar-refractivity contribution in [1.29, 1.82) is 0 Å². The lowest BCUT2D eigenvalue weighted by Gasteiger charge is -2.06. The van der Waals surface area contributed by atoms with Crippen LogP contribution in [0.5, 0.6) is 0 Å². The molecule has 6 heteroatoms. The average molecular weight is 291 g/mol. The molecule has 0 saturated heterocycles. The van der Waals surface area contributed by atoms with Crippen molar-refractivity contribution in [3.05, 3.63) is 74.1 Å². The molecule has 3 aromatic rings. The van der Waals surface area contributed by atoms with Gasteiger partial charge in [-0.25, -0.2) is 13.8 Å². The smallest absolute Gasteiger partial charge is 0.306 e. The fourth-order valence-electron chi connectivity index (χ4n) is 2.01. The maximum atomic E-state index is 13.1. The second-order valence-corrected chi connectivity index (χ2v) is 4.67. The summed E-state index contributed by atoms with van der Waals surface area (Å²) in [7, 11) is 0. The molecule has 1 heterocycles. The van der Waals surface area contributed by atoms with E-state index in [2.05, 4.69) is 4.98 Å². The van der Waals surface area contributed by atoms with Gasteiger partial charge in [-0.15, -0.1) is 0 Å². The zero-order valence-corrected chi connectivity index (χ0v) is 10.8. The Balaban J connectivity index is 2.37. The summed E-state index contributed by atoms with van der Waals surface area (Å²) in [5.41, 5.74) is -0.571. The predicted octanol–water partition coefficient (Wildman–Crippen LogP) is 2.47. The normalized spacial score (nSPS) is 10.9. The van der Waals surface area contributed by atoms with Gasteiger partial charge in [-0.3, -0.25) is 4.79 Å². The second kappa shape index (κ2) is 4.61. The first-order chi connectivity index (χ1) is 9.56. The molecule has 20 heavy (non-hydrogen) atoms. The van der Waals surface area contributed by atoms with E-state index in [1.165, 1.54) is 12.1 Å². The maximum Gasteiger partial charge on any atom is 0.333 e. The van der Waals surface area contributed by atoms with Crippen LogP contribution >= 0.6 is 11.6 Å². The van der Waals surface area contributed by atoms with Crippen molar-refractivity contribution in [3.63, 3.8) is 0 Å². The van der Waals surface area contributed by atoms with Crippen LogP contribution in [0.15, 0.2) is 52.1 Å². The van der Waals surface area contributed by atoms with E-state index in [1.807, 2.05) is 0 Å². The molecular formula is C14H8ClFN2O2. The molecule has 0 saturated carbocycles. The van der Waals surface area contributed by atoms with Crippen LogP contribution in [0.4, 0.5) is 4.39 Å². The Morgan fingerprint density at radius 1 is 1.05 bits per heavy atom. The van der Waals surface area contributed by atoms with Crippen molar-refractivity contribution in [2.24, 2.45) is 0 Å². The number of hydrogen-bond acceptors (Lipinski definition) is 2. The number of aromatic amines is 1. The molecule has 3 rings (SSSR count). The van der Waals surface area contributed by atoms with Crippen LogP contribution < -0.4 is 11.2 Å². The van der Waals surface area contributed by atoms with Crippen LogP contribution in [0.2, 0.25) is 5.02 Å². The summed E-state index contributed by atoms with van der Waals surface area (Å²) in [6.07, 6.45) is 0. The van der Waals surface area contributed by atoms with Crippen molar-refractivity contribution in [3.8, 4) is 5.69 Å². The number of H-pyrrole nitrogens is 1. The van der Waals surface area contributed by atoms with Crippen molar-refractivity contribution in [1.82, 2.24) is 9.55 Å². The quantitative estimate of drug-likeness (QED) is 0.748. The van der Waals surface area contributed by atoms with Gasteiger partial charge in [0.05, 0.1) is 16.6 Å². The SMILES string of the molecule is O=c1[nH]c2cc(F)ccc2c(=O)n1-c1ccc(Cl)cc1. The first-order valence-corrected chi connectivity index (χ1v) is 6.14. The lowest BCUT2D eigenvalue weighted by molar-refractivity contribution is 0.629. The first-order valence-electron chi connectivity index (χ1n) is 5.77. The lowest BCUT2D eigenvalue weighted by atomic mass is 10.2. The number of nitrogens with one attached hydrogen (secondary N) is 1. The molecule has 0 spiro atoms. The Hall–Kier alpha value is -2.40. The minimum Gasteiger partial charge on any atom is -0.306 e. The van der Waals surface area contributed by atoms with E-state index in [4.69, 9.17) is 11.6 Å². The van der Waals surface area contributed by atoms with Crippen LogP contribution in [-0.4, -0.2) is 9.55 Å². The summed E-state index contributed by atoms with van der Waals surface area (Å²) in [5.74, 6) is -0.517. The van der Waals surface area contributed by atoms with Gasteiger partial charge in [-0.2, -0.15) is 0 Å². The third-order valence-corrected chi connectivity index (χ3v) is 3.20. The fourth-order valence-corrected chi connectivity index (χ4v) is 2.14. The van der Waals surface area contributed by atoms with E-state index < -0.39 is 17.1 Å². The maximum absolute atomic E-state index is 13.1. The third-order valence-electron chi connectivity index (χ3n) is 2.94. The highest BCUT2D eigenvalue weighted by molar-refractivity contribution is 6.30. The van der Waals surface area contributed by atoms with E-state index in [0.717, 1.165) is 10.6 Å². The molecule has 0 atom stereocenters. The van der Waals surface area contributed by atoms with Gasteiger partial charge in [-0.05, 0) is 42.5 Å². The molecule has 1 N–H and O–H groups in total. The molecule has 0 amide bonds. The monoisotopic (exact) mass is 290 g/mol. The zero-order valence-electron chi connectivity index (χ0n) is 10.1. The zero-order chi connectivity index (χ0) is 14.3. The number of benzene rings is 2. The van der Waals surface area contributed by atoms with Gasteiger partial charge in [0.2, 0.25) is 0 Å². The summed E-state index contributed by atoms with van der Waals surface area (Å²) in [6.45, 7) is 0. The summed E-state index contributed by atoms with van der Waals surface area (Å²) < 4.78 is 14.1. The van der Waals surface area contributed by atoms with Crippen LogP contribution in [-0.2, 0) is 0 Å². The Kier molecular flexibility index (Phi) is 2.91. The van der Waals surface area contributed by atoms with Crippen molar-refractivity contribution < 1.29 is 4.39 Å². The van der Waals surface area contributed by atoms with Crippen molar-refractivity contribution in [2.75, 3.05) is 0 Å².